The Hall–Kier alpha value is -0.860. The van der Waals surface area contributed by atoms with Gasteiger partial charge in [0, 0.05) is 45.3 Å². The van der Waals surface area contributed by atoms with Crippen LogP contribution in [0.25, 0.3) is 0 Å². The predicted molar refractivity (Wildman–Crippen MR) is 92.9 cm³/mol. The SMILES string of the molecule is O=C(NC1CCCC1)N1CCN(S(=O)(=O)N2CCCCCC2)CC1. The van der Waals surface area contributed by atoms with Crippen LogP contribution in [0.2, 0.25) is 0 Å². The lowest BCUT2D eigenvalue weighted by molar-refractivity contribution is 0.166. The molecule has 0 aromatic carbocycles. The molecule has 0 unspecified atom stereocenters. The van der Waals surface area contributed by atoms with E-state index < -0.39 is 10.2 Å². The van der Waals surface area contributed by atoms with Crippen molar-refractivity contribution in [1.29, 1.82) is 0 Å². The highest BCUT2D eigenvalue weighted by molar-refractivity contribution is 7.86. The van der Waals surface area contributed by atoms with E-state index in [1.807, 2.05) is 0 Å². The summed E-state index contributed by atoms with van der Waals surface area (Å²) in [7, 11) is -3.37. The smallest absolute Gasteiger partial charge is 0.317 e. The molecule has 0 atom stereocenters. The van der Waals surface area contributed by atoms with Gasteiger partial charge in [0.2, 0.25) is 0 Å². The van der Waals surface area contributed by atoms with Crippen LogP contribution < -0.4 is 5.32 Å². The summed E-state index contributed by atoms with van der Waals surface area (Å²) in [5.74, 6) is 0. The maximum absolute atomic E-state index is 12.8. The van der Waals surface area contributed by atoms with Crippen molar-refractivity contribution in [1.82, 2.24) is 18.8 Å². The molecule has 1 N–H and O–H groups in total. The second-order valence-electron chi connectivity index (χ2n) is 7.14. The van der Waals surface area contributed by atoms with Gasteiger partial charge in [-0.25, -0.2) is 4.79 Å². The largest absolute Gasteiger partial charge is 0.335 e. The second kappa shape index (κ2) is 8.01. The van der Waals surface area contributed by atoms with Gasteiger partial charge in [-0.1, -0.05) is 25.7 Å². The minimum atomic E-state index is -3.37. The van der Waals surface area contributed by atoms with Gasteiger partial charge in [-0.05, 0) is 25.7 Å². The average molecular weight is 359 g/mol. The van der Waals surface area contributed by atoms with Crippen molar-refractivity contribution >= 4 is 16.2 Å². The third-order valence-corrected chi connectivity index (χ3v) is 7.46. The first-order valence-corrected chi connectivity index (χ1v) is 10.8. The highest BCUT2D eigenvalue weighted by atomic mass is 32.2. The maximum Gasteiger partial charge on any atom is 0.317 e. The molecule has 24 heavy (non-hydrogen) atoms. The quantitative estimate of drug-likeness (QED) is 0.828. The topological polar surface area (TPSA) is 73.0 Å². The molecule has 2 saturated heterocycles. The molecule has 0 radical (unpaired) electrons. The zero-order chi connectivity index (χ0) is 17.0. The minimum Gasteiger partial charge on any atom is -0.335 e. The van der Waals surface area contributed by atoms with Crippen molar-refractivity contribution in [2.24, 2.45) is 0 Å². The lowest BCUT2D eigenvalue weighted by atomic mass is 10.2. The first-order chi connectivity index (χ1) is 11.6. The lowest BCUT2D eigenvalue weighted by Crippen LogP contribution is -2.56. The van der Waals surface area contributed by atoms with Crippen molar-refractivity contribution in [3.8, 4) is 0 Å². The van der Waals surface area contributed by atoms with E-state index in [1.54, 1.807) is 13.5 Å². The lowest BCUT2D eigenvalue weighted by Gasteiger charge is -2.36. The van der Waals surface area contributed by atoms with E-state index in [4.69, 9.17) is 0 Å². The molecule has 1 saturated carbocycles. The molecule has 0 aromatic heterocycles. The van der Waals surface area contributed by atoms with E-state index in [0.717, 1.165) is 38.5 Å². The molecule has 0 aromatic rings. The predicted octanol–water partition coefficient (Wildman–Crippen LogP) is 1.38. The molecular formula is C16H30N4O3S. The van der Waals surface area contributed by atoms with Crippen LogP contribution in [-0.4, -0.2) is 73.3 Å². The fourth-order valence-corrected chi connectivity index (χ4v) is 5.56. The number of hydrogen-bond acceptors (Lipinski definition) is 3. The van der Waals surface area contributed by atoms with Crippen LogP contribution in [0.3, 0.4) is 0 Å². The minimum absolute atomic E-state index is 0.0336. The highest BCUT2D eigenvalue weighted by Crippen LogP contribution is 2.20. The molecule has 8 heteroatoms. The molecule has 2 heterocycles. The van der Waals surface area contributed by atoms with Crippen LogP contribution in [0.15, 0.2) is 0 Å². The summed E-state index contributed by atoms with van der Waals surface area (Å²) < 4.78 is 28.7. The van der Waals surface area contributed by atoms with Gasteiger partial charge in [-0.15, -0.1) is 0 Å². The Morgan fingerprint density at radius 3 is 1.88 bits per heavy atom. The molecule has 0 bridgehead atoms. The average Bonchev–Trinajstić information content (AvgIpc) is 2.93. The van der Waals surface area contributed by atoms with E-state index in [1.165, 1.54) is 12.8 Å². The summed E-state index contributed by atoms with van der Waals surface area (Å²) in [4.78, 5) is 14.1. The summed E-state index contributed by atoms with van der Waals surface area (Å²) in [6.07, 6.45) is 8.62. The Labute approximate surface area is 145 Å². The Balaban J connectivity index is 1.51. The van der Waals surface area contributed by atoms with E-state index in [2.05, 4.69) is 5.32 Å². The number of nitrogens with one attached hydrogen (secondary N) is 1. The summed E-state index contributed by atoms with van der Waals surface area (Å²) in [6.45, 7) is 3.01. The van der Waals surface area contributed by atoms with Crippen molar-refractivity contribution in [2.45, 2.75) is 57.4 Å². The molecule has 2 aliphatic heterocycles. The van der Waals surface area contributed by atoms with E-state index >= 15 is 0 Å². The normalized spacial score (nSPS) is 25.6. The highest BCUT2D eigenvalue weighted by Gasteiger charge is 2.34. The third-order valence-electron chi connectivity index (χ3n) is 5.43. The monoisotopic (exact) mass is 358 g/mol. The second-order valence-corrected chi connectivity index (χ2v) is 9.07. The van der Waals surface area contributed by atoms with E-state index in [9.17, 15) is 13.2 Å². The number of amides is 2. The first-order valence-electron chi connectivity index (χ1n) is 9.38. The molecule has 3 aliphatic rings. The van der Waals surface area contributed by atoms with Crippen molar-refractivity contribution in [3.05, 3.63) is 0 Å². The summed E-state index contributed by atoms with van der Waals surface area (Å²) in [6, 6.07) is 0.269. The number of carbonyl (C=O) groups is 1. The Kier molecular flexibility index (Phi) is 5.99. The number of hydrogen-bond donors (Lipinski definition) is 1. The summed E-state index contributed by atoms with van der Waals surface area (Å²) >= 11 is 0. The van der Waals surface area contributed by atoms with E-state index in [0.29, 0.717) is 45.3 Å². The van der Waals surface area contributed by atoms with Gasteiger partial charge < -0.3 is 10.2 Å². The summed E-state index contributed by atoms with van der Waals surface area (Å²) in [5, 5.41) is 3.08. The molecule has 1 aliphatic carbocycles. The number of carbonyl (C=O) groups excluding carboxylic acids is 1. The number of piperazine rings is 1. The molecule has 138 valence electrons. The van der Waals surface area contributed by atoms with Crippen LogP contribution in [0.1, 0.15) is 51.4 Å². The van der Waals surface area contributed by atoms with Crippen LogP contribution in [0, 0.1) is 0 Å². The molecule has 2 amide bonds. The Morgan fingerprint density at radius 1 is 0.750 bits per heavy atom. The number of rotatable bonds is 3. The Bertz CT molecular complexity index is 517. The molecule has 0 spiro atoms. The maximum atomic E-state index is 12.8. The summed E-state index contributed by atoms with van der Waals surface area (Å²) in [5.41, 5.74) is 0. The first kappa shape index (κ1) is 17.9. The van der Waals surface area contributed by atoms with Gasteiger partial charge in [-0.2, -0.15) is 17.0 Å². The zero-order valence-electron chi connectivity index (χ0n) is 14.5. The number of urea groups is 1. The fraction of sp³-hybridized carbons (Fsp3) is 0.938. The molecule has 7 nitrogen and oxygen atoms in total. The van der Waals surface area contributed by atoms with Crippen LogP contribution in [0.5, 0.6) is 0 Å². The zero-order valence-corrected chi connectivity index (χ0v) is 15.3. The molecule has 3 fully saturated rings. The number of nitrogens with zero attached hydrogens (tertiary/aromatic N) is 3. The van der Waals surface area contributed by atoms with Gasteiger partial charge >= 0.3 is 6.03 Å². The van der Waals surface area contributed by atoms with Gasteiger partial charge in [0.15, 0.2) is 0 Å². The van der Waals surface area contributed by atoms with Crippen molar-refractivity contribution < 1.29 is 13.2 Å². The third kappa shape index (κ3) is 4.21. The van der Waals surface area contributed by atoms with Gasteiger partial charge in [0.05, 0.1) is 0 Å². The van der Waals surface area contributed by atoms with Gasteiger partial charge in [0.1, 0.15) is 0 Å². The van der Waals surface area contributed by atoms with E-state index in [-0.39, 0.29) is 6.03 Å². The van der Waals surface area contributed by atoms with Crippen LogP contribution >= 0.6 is 0 Å². The van der Waals surface area contributed by atoms with Crippen LogP contribution in [0.4, 0.5) is 4.79 Å². The Morgan fingerprint density at radius 2 is 1.29 bits per heavy atom. The van der Waals surface area contributed by atoms with Crippen molar-refractivity contribution in [3.63, 3.8) is 0 Å². The standard InChI is InChI=1S/C16H30N4O3S/c21-16(17-15-7-3-4-8-15)18-11-13-20(14-12-18)24(22,23)19-9-5-1-2-6-10-19/h15H,1-14H2,(H,17,21). The molecule has 3 rings (SSSR count). The van der Waals surface area contributed by atoms with Gasteiger partial charge in [-0.3, -0.25) is 0 Å². The molecular weight excluding hydrogens is 328 g/mol. The fourth-order valence-electron chi connectivity index (χ4n) is 3.89. The van der Waals surface area contributed by atoms with Crippen LogP contribution in [-0.2, 0) is 10.2 Å². The van der Waals surface area contributed by atoms with Crippen molar-refractivity contribution in [2.75, 3.05) is 39.3 Å². The van der Waals surface area contributed by atoms with Gasteiger partial charge in [0.25, 0.3) is 10.2 Å².